The van der Waals surface area contributed by atoms with Crippen LogP contribution in [0.2, 0.25) is 0 Å². The summed E-state index contributed by atoms with van der Waals surface area (Å²) < 4.78 is 0. The van der Waals surface area contributed by atoms with Crippen LogP contribution in [0.5, 0.6) is 0 Å². The quantitative estimate of drug-likeness (QED) is 0.836. The highest BCUT2D eigenvalue weighted by molar-refractivity contribution is 7.08. The highest BCUT2D eigenvalue weighted by Crippen LogP contribution is 2.32. The van der Waals surface area contributed by atoms with Gasteiger partial charge in [-0.3, -0.25) is 9.59 Å². The zero-order chi connectivity index (χ0) is 13.9. The first-order valence-corrected chi connectivity index (χ1v) is 8.57. The topological polar surface area (TPSA) is 37.4 Å². The number of carbonyl (C=O) groups is 2. The molecule has 0 bridgehead atoms. The first-order chi connectivity index (χ1) is 9.77. The molecule has 1 aromatic rings. The number of carbonyl (C=O) groups excluding carboxylic acids is 2. The van der Waals surface area contributed by atoms with E-state index in [0.717, 1.165) is 50.6 Å². The van der Waals surface area contributed by atoms with E-state index in [0.29, 0.717) is 12.2 Å². The second-order valence-electron chi connectivity index (χ2n) is 5.89. The molecule has 1 saturated heterocycles. The monoisotopic (exact) mass is 291 g/mol. The zero-order valence-electron chi connectivity index (χ0n) is 11.7. The lowest BCUT2D eigenvalue weighted by Gasteiger charge is -2.41. The molecule has 2 unspecified atom stereocenters. The van der Waals surface area contributed by atoms with Gasteiger partial charge in [-0.05, 0) is 43.6 Å². The summed E-state index contributed by atoms with van der Waals surface area (Å²) in [5.74, 6) is 0.590. The van der Waals surface area contributed by atoms with E-state index in [1.807, 2.05) is 21.7 Å². The largest absolute Gasteiger partial charge is 0.335 e. The first kappa shape index (κ1) is 13.8. The fourth-order valence-corrected chi connectivity index (χ4v) is 4.23. The Labute approximate surface area is 124 Å². The Hall–Kier alpha value is -1.16. The molecule has 1 aliphatic heterocycles. The molecule has 0 aromatic carbocycles. The molecule has 0 radical (unpaired) electrons. The average Bonchev–Trinajstić information content (AvgIpc) is 3.01. The van der Waals surface area contributed by atoms with Gasteiger partial charge in [-0.1, -0.05) is 6.42 Å². The standard InChI is InChI=1S/C16H21NO2S/c18-15-7-2-1-5-13(15)14-6-3-4-9-17(14)16(19)12-8-10-20-11-12/h8,10-11,13-14H,1-7,9H2. The van der Waals surface area contributed by atoms with Gasteiger partial charge in [0, 0.05) is 30.3 Å². The van der Waals surface area contributed by atoms with E-state index < -0.39 is 0 Å². The number of piperidine rings is 1. The van der Waals surface area contributed by atoms with Gasteiger partial charge in [-0.25, -0.2) is 0 Å². The molecule has 1 amide bonds. The minimum absolute atomic E-state index is 0.0895. The number of ketones is 1. The van der Waals surface area contributed by atoms with Crippen LogP contribution >= 0.6 is 11.3 Å². The van der Waals surface area contributed by atoms with E-state index >= 15 is 0 Å². The molecule has 3 rings (SSSR count). The summed E-state index contributed by atoms with van der Waals surface area (Å²) in [5, 5.41) is 3.86. The summed E-state index contributed by atoms with van der Waals surface area (Å²) in [6.07, 6.45) is 7.04. The SMILES string of the molecule is O=C1CCCCC1C1CCCCN1C(=O)c1ccsc1. The molecule has 3 nitrogen and oxygen atoms in total. The van der Waals surface area contributed by atoms with Gasteiger partial charge in [0.15, 0.2) is 0 Å². The summed E-state index contributed by atoms with van der Waals surface area (Å²) in [6.45, 7) is 0.809. The molecule has 1 aliphatic carbocycles. The van der Waals surface area contributed by atoms with Crippen molar-refractivity contribution in [1.82, 2.24) is 4.90 Å². The van der Waals surface area contributed by atoms with Gasteiger partial charge < -0.3 is 4.90 Å². The lowest BCUT2D eigenvalue weighted by molar-refractivity contribution is -0.127. The van der Waals surface area contributed by atoms with E-state index in [1.165, 1.54) is 0 Å². The van der Waals surface area contributed by atoms with Crippen LogP contribution in [0.4, 0.5) is 0 Å². The van der Waals surface area contributed by atoms with Crippen molar-refractivity contribution in [3.63, 3.8) is 0 Å². The Morgan fingerprint density at radius 3 is 2.80 bits per heavy atom. The molecule has 2 atom stereocenters. The van der Waals surface area contributed by atoms with Crippen molar-refractivity contribution >= 4 is 23.0 Å². The Kier molecular flexibility index (Phi) is 4.20. The maximum atomic E-state index is 12.6. The molecular formula is C16H21NO2S. The van der Waals surface area contributed by atoms with Crippen LogP contribution in [0.3, 0.4) is 0 Å². The minimum Gasteiger partial charge on any atom is -0.335 e. The Morgan fingerprint density at radius 2 is 2.05 bits per heavy atom. The van der Waals surface area contributed by atoms with Gasteiger partial charge in [0.05, 0.1) is 5.56 Å². The van der Waals surface area contributed by atoms with E-state index in [-0.39, 0.29) is 17.9 Å². The third kappa shape index (κ3) is 2.66. The fourth-order valence-electron chi connectivity index (χ4n) is 3.60. The smallest absolute Gasteiger partial charge is 0.254 e. The van der Waals surface area contributed by atoms with E-state index in [9.17, 15) is 9.59 Å². The van der Waals surface area contributed by atoms with Crippen LogP contribution in [0.15, 0.2) is 16.8 Å². The van der Waals surface area contributed by atoms with Crippen molar-refractivity contribution < 1.29 is 9.59 Å². The van der Waals surface area contributed by atoms with Crippen molar-refractivity contribution in [1.29, 1.82) is 0 Å². The molecule has 1 aromatic heterocycles. The fraction of sp³-hybridized carbons (Fsp3) is 0.625. The summed E-state index contributed by atoms with van der Waals surface area (Å²) in [4.78, 5) is 26.8. The predicted octanol–water partition coefficient (Wildman–Crippen LogP) is 3.50. The molecule has 20 heavy (non-hydrogen) atoms. The number of Topliss-reactive ketones (excluding diaryl/α,β-unsaturated/α-hetero) is 1. The number of hydrogen-bond donors (Lipinski definition) is 0. The summed E-state index contributed by atoms with van der Waals surface area (Å²) in [7, 11) is 0. The molecule has 2 fully saturated rings. The highest BCUT2D eigenvalue weighted by atomic mass is 32.1. The normalized spacial score (nSPS) is 27.6. The van der Waals surface area contributed by atoms with Gasteiger partial charge in [-0.15, -0.1) is 0 Å². The van der Waals surface area contributed by atoms with Crippen LogP contribution in [-0.2, 0) is 4.79 Å². The molecule has 108 valence electrons. The van der Waals surface area contributed by atoms with Crippen molar-refractivity contribution in [2.45, 2.75) is 51.0 Å². The van der Waals surface area contributed by atoms with Crippen LogP contribution in [-0.4, -0.2) is 29.2 Å². The van der Waals surface area contributed by atoms with Crippen LogP contribution in [0.25, 0.3) is 0 Å². The molecular weight excluding hydrogens is 270 g/mol. The molecule has 2 aliphatic rings. The molecule has 0 spiro atoms. The minimum atomic E-state index is 0.0895. The third-order valence-electron chi connectivity index (χ3n) is 4.64. The van der Waals surface area contributed by atoms with Crippen molar-refractivity contribution in [2.24, 2.45) is 5.92 Å². The van der Waals surface area contributed by atoms with Gasteiger partial charge in [-0.2, -0.15) is 11.3 Å². The van der Waals surface area contributed by atoms with Crippen LogP contribution < -0.4 is 0 Å². The second kappa shape index (κ2) is 6.08. The van der Waals surface area contributed by atoms with E-state index in [2.05, 4.69) is 0 Å². The van der Waals surface area contributed by atoms with E-state index in [4.69, 9.17) is 0 Å². The van der Waals surface area contributed by atoms with Gasteiger partial charge in [0.25, 0.3) is 5.91 Å². The number of rotatable bonds is 2. The number of thiophene rings is 1. The van der Waals surface area contributed by atoms with Crippen molar-refractivity contribution in [3.05, 3.63) is 22.4 Å². The second-order valence-corrected chi connectivity index (χ2v) is 6.67. The van der Waals surface area contributed by atoms with Gasteiger partial charge in [0.1, 0.15) is 5.78 Å². The first-order valence-electron chi connectivity index (χ1n) is 7.63. The van der Waals surface area contributed by atoms with Crippen LogP contribution in [0.1, 0.15) is 55.3 Å². The number of likely N-dealkylation sites (tertiary alicyclic amines) is 1. The highest BCUT2D eigenvalue weighted by Gasteiger charge is 2.37. The number of nitrogens with zero attached hydrogens (tertiary/aromatic N) is 1. The van der Waals surface area contributed by atoms with Crippen molar-refractivity contribution in [3.8, 4) is 0 Å². The maximum Gasteiger partial charge on any atom is 0.254 e. The lowest BCUT2D eigenvalue weighted by Crippen LogP contribution is -2.50. The third-order valence-corrected chi connectivity index (χ3v) is 5.33. The Bertz CT molecular complexity index is 483. The van der Waals surface area contributed by atoms with Gasteiger partial charge >= 0.3 is 0 Å². The predicted molar refractivity (Wildman–Crippen MR) is 80.0 cm³/mol. The molecule has 1 saturated carbocycles. The summed E-state index contributed by atoms with van der Waals surface area (Å²) >= 11 is 1.55. The zero-order valence-corrected chi connectivity index (χ0v) is 12.5. The van der Waals surface area contributed by atoms with Gasteiger partial charge in [0.2, 0.25) is 0 Å². The number of amides is 1. The average molecular weight is 291 g/mol. The van der Waals surface area contributed by atoms with Crippen molar-refractivity contribution in [2.75, 3.05) is 6.54 Å². The Morgan fingerprint density at radius 1 is 1.20 bits per heavy atom. The summed E-state index contributed by atoms with van der Waals surface area (Å²) in [6, 6.07) is 2.03. The maximum absolute atomic E-state index is 12.6. The lowest BCUT2D eigenvalue weighted by atomic mass is 9.79. The molecule has 4 heteroatoms. The van der Waals surface area contributed by atoms with E-state index in [1.54, 1.807) is 11.3 Å². The Balaban J connectivity index is 1.80. The van der Waals surface area contributed by atoms with Crippen LogP contribution in [0, 0.1) is 5.92 Å². The molecule has 2 heterocycles. The molecule has 0 N–H and O–H groups in total. The summed E-state index contributed by atoms with van der Waals surface area (Å²) in [5.41, 5.74) is 0.783. The number of hydrogen-bond acceptors (Lipinski definition) is 3.